The number of aliphatic hydroxyl groups is 3. The first-order valence-corrected chi connectivity index (χ1v) is 12.9. The van der Waals surface area contributed by atoms with E-state index in [0.717, 1.165) is 47.1 Å². The van der Waals surface area contributed by atoms with E-state index in [1.54, 1.807) is 30.3 Å². The zero-order valence-electron chi connectivity index (χ0n) is 21.2. The number of benzene rings is 2. The average molecular weight is 501 g/mol. The Hall–Kier alpha value is -3.70. The zero-order valence-corrected chi connectivity index (χ0v) is 21.2. The smallest absolute Gasteiger partial charge is 0.115 e. The summed E-state index contributed by atoms with van der Waals surface area (Å²) in [5.41, 5.74) is 4.66. The van der Waals surface area contributed by atoms with Gasteiger partial charge in [-0.05, 0) is 89.8 Å². The van der Waals surface area contributed by atoms with Gasteiger partial charge in [-0.1, -0.05) is 55.5 Å². The molecule has 0 fully saturated rings. The summed E-state index contributed by atoms with van der Waals surface area (Å²) in [4.78, 5) is 0. The van der Waals surface area contributed by atoms with Crippen LogP contribution in [0.15, 0.2) is 107 Å². The number of allylic oxidation sites excluding steroid dienone is 8. The van der Waals surface area contributed by atoms with Gasteiger partial charge in [-0.15, -0.1) is 0 Å². The number of aromatic hydroxyl groups is 2. The molecule has 0 saturated carbocycles. The fraction of sp³-hybridized carbons (Fsp3) is 0.312. The van der Waals surface area contributed by atoms with Crippen LogP contribution >= 0.6 is 0 Å². The van der Waals surface area contributed by atoms with Crippen LogP contribution in [0, 0.1) is 11.8 Å². The van der Waals surface area contributed by atoms with E-state index in [1.807, 2.05) is 42.5 Å². The first-order chi connectivity index (χ1) is 17.8. The second-order valence-electron chi connectivity index (χ2n) is 10.1. The third kappa shape index (κ3) is 7.17. The summed E-state index contributed by atoms with van der Waals surface area (Å²) in [5.74, 6) is 1.25. The van der Waals surface area contributed by atoms with Gasteiger partial charge in [0, 0.05) is 18.8 Å². The summed E-state index contributed by atoms with van der Waals surface area (Å²) in [5, 5.41) is 50.8. The first-order valence-electron chi connectivity index (χ1n) is 12.9. The van der Waals surface area contributed by atoms with Crippen molar-refractivity contribution in [2.24, 2.45) is 11.8 Å². The minimum atomic E-state index is -0.366. The number of phenolic OH excluding ortho intramolecular Hbond substituents is 2. The number of rotatable bonds is 8. The molecule has 3 atom stereocenters. The van der Waals surface area contributed by atoms with Crippen LogP contribution < -0.4 is 0 Å². The third-order valence-electron chi connectivity index (χ3n) is 7.35. The van der Waals surface area contributed by atoms with Crippen LogP contribution in [-0.4, -0.2) is 31.6 Å². The summed E-state index contributed by atoms with van der Waals surface area (Å²) in [6.07, 6.45) is 13.2. The molecule has 2 aromatic carbocycles. The predicted molar refractivity (Wildman–Crippen MR) is 146 cm³/mol. The van der Waals surface area contributed by atoms with Gasteiger partial charge in [0.1, 0.15) is 17.3 Å². The topological polar surface area (TPSA) is 101 Å². The molecule has 0 saturated heterocycles. The lowest BCUT2D eigenvalue weighted by atomic mass is 9.82. The molecular weight excluding hydrogens is 464 g/mol. The average Bonchev–Trinajstić information content (AvgIpc) is 2.89. The van der Waals surface area contributed by atoms with E-state index in [9.17, 15) is 25.5 Å². The fourth-order valence-electron chi connectivity index (χ4n) is 4.96. The van der Waals surface area contributed by atoms with Crippen molar-refractivity contribution in [1.29, 1.82) is 0 Å². The van der Waals surface area contributed by atoms with E-state index in [0.29, 0.717) is 30.9 Å². The highest BCUT2D eigenvalue weighted by atomic mass is 16.3. The molecule has 2 aliphatic carbocycles. The molecule has 5 N–H and O–H groups in total. The summed E-state index contributed by atoms with van der Waals surface area (Å²) < 4.78 is 0. The Morgan fingerprint density at radius 1 is 0.865 bits per heavy atom. The zero-order chi connectivity index (χ0) is 26.4. The van der Waals surface area contributed by atoms with Crippen LogP contribution in [0.3, 0.4) is 0 Å². The Labute approximate surface area is 218 Å². The lowest BCUT2D eigenvalue weighted by molar-refractivity contribution is 0.193. The predicted octanol–water partition coefficient (Wildman–Crippen LogP) is 6.75. The first kappa shape index (κ1) is 26.4. The number of aliphatic hydroxyl groups excluding tert-OH is 3. The standard InChI is InChI=1S/C32H36O5/c1-21-25(9-17-32(37)30(21)19-24-6-14-29(35)15-7-24)20-26(18-23-4-12-28(34)13-5-23)31(36)16-8-22-2-10-27(33)11-3-22/h2,4-7,9-10,12-15,17,20-22,27,33-37H,3,8,11,16,18-19H2,1H3/b25-20-,31-26+. The normalized spacial score (nSPS) is 23.4. The van der Waals surface area contributed by atoms with Gasteiger partial charge >= 0.3 is 0 Å². The number of hydrogen-bond acceptors (Lipinski definition) is 5. The van der Waals surface area contributed by atoms with Crippen LogP contribution in [0.1, 0.15) is 43.7 Å². The minimum Gasteiger partial charge on any atom is -0.512 e. The van der Waals surface area contributed by atoms with Crippen LogP contribution in [-0.2, 0) is 12.8 Å². The molecule has 0 spiro atoms. The van der Waals surface area contributed by atoms with Crippen molar-refractivity contribution >= 4 is 0 Å². The SMILES string of the molecule is CC1C(Cc2ccc(O)cc2)=C(O)C=C/C1=C/C(Cc1ccc(O)cc1)=C(/O)CCC1C=CC(O)CC1. The summed E-state index contributed by atoms with van der Waals surface area (Å²) in [6, 6.07) is 14.0. The summed E-state index contributed by atoms with van der Waals surface area (Å²) in [6.45, 7) is 2.05. The van der Waals surface area contributed by atoms with Crippen molar-refractivity contribution in [2.45, 2.75) is 51.6 Å². The van der Waals surface area contributed by atoms with Crippen molar-refractivity contribution in [1.82, 2.24) is 0 Å². The number of phenols is 2. The Morgan fingerprint density at radius 3 is 2.14 bits per heavy atom. The van der Waals surface area contributed by atoms with Crippen LogP contribution in [0.2, 0.25) is 0 Å². The third-order valence-corrected chi connectivity index (χ3v) is 7.35. The maximum absolute atomic E-state index is 11.2. The highest BCUT2D eigenvalue weighted by Gasteiger charge is 2.22. The van der Waals surface area contributed by atoms with Crippen molar-refractivity contribution in [3.05, 3.63) is 118 Å². The molecule has 2 aromatic rings. The van der Waals surface area contributed by atoms with Crippen molar-refractivity contribution in [3.63, 3.8) is 0 Å². The molecule has 3 unspecified atom stereocenters. The van der Waals surface area contributed by atoms with Gasteiger partial charge in [-0.25, -0.2) is 0 Å². The summed E-state index contributed by atoms with van der Waals surface area (Å²) in [7, 11) is 0. The Balaban J connectivity index is 1.58. The molecule has 0 bridgehead atoms. The van der Waals surface area contributed by atoms with E-state index in [-0.39, 0.29) is 29.3 Å². The van der Waals surface area contributed by atoms with E-state index in [4.69, 9.17) is 0 Å². The second kappa shape index (κ2) is 12.0. The van der Waals surface area contributed by atoms with Crippen molar-refractivity contribution in [3.8, 4) is 11.5 Å². The number of hydrogen-bond donors (Lipinski definition) is 5. The van der Waals surface area contributed by atoms with Gasteiger partial charge in [0.05, 0.1) is 11.9 Å². The molecule has 2 aliphatic rings. The summed E-state index contributed by atoms with van der Waals surface area (Å²) >= 11 is 0. The van der Waals surface area contributed by atoms with Gasteiger partial charge in [-0.3, -0.25) is 0 Å². The molecule has 5 heteroatoms. The monoisotopic (exact) mass is 500 g/mol. The Morgan fingerprint density at radius 2 is 1.51 bits per heavy atom. The van der Waals surface area contributed by atoms with Gasteiger partial charge in [0.25, 0.3) is 0 Å². The van der Waals surface area contributed by atoms with Crippen LogP contribution in [0.5, 0.6) is 11.5 Å². The highest BCUT2D eigenvalue weighted by molar-refractivity contribution is 5.46. The highest BCUT2D eigenvalue weighted by Crippen LogP contribution is 2.33. The van der Waals surface area contributed by atoms with Gasteiger partial charge in [0.2, 0.25) is 0 Å². The van der Waals surface area contributed by atoms with Gasteiger partial charge in [0.15, 0.2) is 0 Å². The largest absolute Gasteiger partial charge is 0.512 e. The Bertz CT molecular complexity index is 1230. The maximum Gasteiger partial charge on any atom is 0.115 e. The second-order valence-corrected chi connectivity index (χ2v) is 10.1. The molecule has 37 heavy (non-hydrogen) atoms. The van der Waals surface area contributed by atoms with E-state index in [2.05, 4.69) is 13.0 Å². The molecule has 0 radical (unpaired) electrons. The molecule has 0 aromatic heterocycles. The Kier molecular flexibility index (Phi) is 8.57. The quantitative estimate of drug-likeness (QED) is 0.204. The molecule has 194 valence electrons. The van der Waals surface area contributed by atoms with E-state index >= 15 is 0 Å². The lowest BCUT2D eigenvalue weighted by Gasteiger charge is -2.23. The van der Waals surface area contributed by atoms with Crippen LogP contribution in [0.4, 0.5) is 0 Å². The van der Waals surface area contributed by atoms with Gasteiger partial charge in [-0.2, -0.15) is 0 Å². The van der Waals surface area contributed by atoms with Gasteiger partial charge < -0.3 is 25.5 Å². The molecule has 0 amide bonds. The molecular formula is C32H36O5. The van der Waals surface area contributed by atoms with E-state index in [1.165, 1.54) is 0 Å². The van der Waals surface area contributed by atoms with Crippen molar-refractivity contribution < 1.29 is 25.5 Å². The minimum absolute atomic E-state index is 0.0656. The molecule has 0 aliphatic heterocycles. The van der Waals surface area contributed by atoms with Crippen LogP contribution in [0.25, 0.3) is 0 Å². The molecule has 4 rings (SSSR count). The fourth-order valence-corrected chi connectivity index (χ4v) is 4.96. The van der Waals surface area contributed by atoms with Crippen molar-refractivity contribution in [2.75, 3.05) is 0 Å². The van der Waals surface area contributed by atoms with E-state index < -0.39 is 0 Å². The maximum atomic E-state index is 11.2. The molecule has 0 heterocycles. The lowest BCUT2D eigenvalue weighted by Crippen LogP contribution is -2.13. The molecule has 5 nitrogen and oxygen atoms in total.